The van der Waals surface area contributed by atoms with Gasteiger partial charge < -0.3 is 19.9 Å². The third kappa shape index (κ3) is 5.36. The molecule has 2 aliphatic rings. The Morgan fingerprint density at radius 1 is 1.12 bits per heavy atom. The Hall–Kier alpha value is -1.75. The molecule has 0 saturated carbocycles. The fourth-order valence-corrected chi connectivity index (χ4v) is 3.91. The molecule has 0 unspecified atom stereocenters. The van der Waals surface area contributed by atoms with E-state index in [0.29, 0.717) is 0 Å². The fourth-order valence-electron chi connectivity index (χ4n) is 3.91. The van der Waals surface area contributed by atoms with E-state index in [2.05, 4.69) is 10.2 Å². The van der Waals surface area contributed by atoms with Crippen LogP contribution in [0.2, 0.25) is 0 Å². The third-order valence-corrected chi connectivity index (χ3v) is 5.44. The predicted molar refractivity (Wildman–Crippen MR) is 101 cm³/mol. The van der Waals surface area contributed by atoms with Crippen molar-refractivity contribution in [3.05, 3.63) is 24.3 Å². The van der Waals surface area contributed by atoms with Gasteiger partial charge in [-0.05, 0) is 56.8 Å². The molecule has 2 aliphatic heterocycles. The Morgan fingerprint density at radius 3 is 2.52 bits per heavy atom. The van der Waals surface area contributed by atoms with Crippen LogP contribution in [0, 0.1) is 5.92 Å². The van der Waals surface area contributed by atoms with Gasteiger partial charge >= 0.3 is 6.03 Å². The summed E-state index contributed by atoms with van der Waals surface area (Å²) in [5, 5.41) is 2.99. The number of amides is 2. The molecule has 0 spiro atoms. The molecule has 0 aromatic heterocycles. The molecule has 2 amide bonds. The number of rotatable bonds is 4. The van der Waals surface area contributed by atoms with Crippen molar-refractivity contribution in [3.8, 4) is 5.75 Å². The molecule has 0 atom stereocenters. The number of nitrogens with zero attached hydrogens (tertiary/aromatic N) is 2. The van der Waals surface area contributed by atoms with Crippen LogP contribution in [0.3, 0.4) is 0 Å². The highest BCUT2D eigenvalue weighted by molar-refractivity contribution is 5.89. The minimum atomic E-state index is 0.00137. The number of carbonyl (C=O) groups is 1. The molecule has 138 valence electrons. The van der Waals surface area contributed by atoms with E-state index in [1.165, 1.54) is 45.3 Å². The van der Waals surface area contributed by atoms with Crippen LogP contribution in [0.25, 0.3) is 0 Å². The van der Waals surface area contributed by atoms with E-state index >= 15 is 0 Å². The first kappa shape index (κ1) is 18.1. The lowest BCUT2D eigenvalue weighted by Crippen LogP contribution is -2.43. The van der Waals surface area contributed by atoms with Gasteiger partial charge in [-0.1, -0.05) is 18.9 Å². The first-order valence-electron chi connectivity index (χ1n) is 9.67. The molecule has 2 heterocycles. The highest BCUT2D eigenvalue weighted by Gasteiger charge is 2.24. The Kier molecular flexibility index (Phi) is 6.56. The highest BCUT2D eigenvalue weighted by atomic mass is 16.5. The van der Waals surface area contributed by atoms with Crippen LogP contribution < -0.4 is 10.1 Å². The maximum absolute atomic E-state index is 12.5. The number of hydrogen-bond donors (Lipinski definition) is 1. The molecule has 1 aromatic rings. The molecule has 0 radical (unpaired) electrons. The van der Waals surface area contributed by atoms with E-state index in [0.717, 1.165) is 43.3 Å². The second kappa shape index (κ2) is 9.09. The van der Waals surface area contributed by atoms with Crippen molar-refractivity contribution < 1.29 is 9.53 Å². The molecule has 1 aromatic carbocycles. The van der Waals surface area contributed by atoms with Gasteiger partial charge in [-0.25, -0.2) is 4.79 Å². The molecule has 1 N–H and O–H groups in total. The summed E-state index contributed by atoms with van der Waals surface area (Å²) < 4.78 is 5.21. The zero-order valence-electron chi connectivity index (χ0n) is 15.4. The Labute approximate surface area is 151 Å². The average Bonchev–Trinajstić information content (AvgIpc) is 2.91. The standard InChI is InChI=1S/C20H31N3O2/c1-25-19-8-6-7-18(15-19)21-20(24)23-13-9-17(10-14-23)16-22-11-4-2-3-5-12-22/h6-8,15,17H,2-5,9-14,16H2,1H3,(H,21,24). The highest BCUT2D eigenvalue weighted by Crippen LogP contribution is 2.22. The van der Waals surface area contributed by atoms with Crippen molar-refractivity contribution in [3.63, 3.8) is 0 Å². The average molecular weight is 345 g/mol. The maximum Gasteiger partial charge on any atom is 0.321 e. The van der Waals surface area contributed by atoms with Crippen molar-refractivity contribution in [2.45, 2.75) is 38.5 Å². The number of anilines is 1. The van der Waals surface area contributed by atoms with E-state index in [4.69, 9.17) is 4.74 Å². The lowest BCUT2D eigenvalue weighted by Gasteiger charge is -2.34. The van der Waals surface area contributed by atoms with Crippen LogP contribution in [0.5, 0.6) is 5.75 Å². The summed E-state index contributed by atoms with van der Waals surface area (Å²) in [6, 6.07) is 7.52. The van der Waals surface area contributed by atoms with E-state index in [-0.39, 0.29) is 6.03 Å². The summed E-state index contributed by atoms with van der Waals surface area (Å²) in [6.07, 6.45) is 7.70. The van der Waals surface area contributed by atoms with Gasteiger partial charge in [0.25, 0.3) is 0 Å². The zero-order valence-corrected chi connectivity index (χ0v) is 15.4. The summed E-state index contributed by atoms with van der Waals surface area (Å²) in [6.45, 7) is 5.45. The number of nitrogens with one attached hydrogen (secondary N) is 1. The number of benzene rings is 1. The second-order valence-corrected chi connectivity index (χ2v) is 7.31. The van der Waals surface area contributed by atoms with Gasteiger partial charge in [0.05, 0.1) is 7.11 Å². The van der Waals surface area contributed by atoms with E-state index in [9.17, 15) is 4.79 Å². The zero-order chi connectivity index (χ0) is 17.5. The maximum atomic E-state index is 12.5. The fraction of sp³-hybridized carbons (Fsp3) is 0.650. The van der Waals surface area contributed by atoms with E-state index < -0.39 is 0 Å². The van der Waals surface area contributed by atoms with Gasteiger partial charge in [-0.15, -0.1) is 0 Å². The van der Waals surface area contributed by atoms with Crippen LogP contribution in [0.4, 0.5) is 10.5 Å². The lowest BCUT2D eigenvalue weighted by molar-refractivity contribution is 0.155. The first-order valence-corrected chi connectivity index (χ1v) is 9.67. The summed E-state index contributed by atoms with van der Waals surface area (Å²) >= 11 is 0. The van der Waals surface area contributed by atoms with Crippen molar-refractivity contribution >= 4 is 11.7 Å². The van der Waals surface area contributed by atoms with Gasteiger partial charge in [-0.3, -0.25) is 0 Å². The van der Waals surface area contributed by atoms with Crippen LogP contribution >= 0.6 is 0 Å². The Morgan fingerprint density at radius 2 is 1.84 bits per heavy atom. The van der Waals surface area contributed by atoms with Crippen LogP contribution in [0.1, 0.15) is 38.5 Å². The first-order chi connectivity index (χ1) is 12.2. The topological polar surface area (TPSA) is 44.8 Å². The number of carbonyl (C=O) groups excluding carboxylic acids is 1. The second-order valence-electron chi connectivity index (χ2n) is 7.31. The Bertz CT molecular complexity index is 548. The smallest absolute Gasteiger partial charge is 0.321 e. The molecule has 0 aliphatic carbocycles. The molecule has 25 heavy (non-hydrogen) atoms. The van der Waals surface area contributed by atoms with Crippen LogP contribution in [-0.2, 0) is 0 Å². The van der Waals surface area contributed by atoms with Gasteiger partial charge in [-0.2, -0.15) is 0 Å². The van der Waals surface area contributed by atoms with Gasteiger partial charge in [0, 0.05) is 31.4 Å². The summed E-state index contributed by atoms with van der Waals surface area (Å²) in [5.74, 6) is 1.49. The molecule has 2 fully saturated rings. The largest absolute Gasteiger partial charge is 0.497 e. The minimum Gasteiger partial charge on any atom is -0.497 e. The monoisotopic (exact) mass is 345 g/mol. The number of methoxy groups -OCH3 is 1. The predicted octanol–water partition coefficient (Wildman–Crippen LogP) is 3.82. The normalized spacial score (nSPS) is 20.1. The summed E-state index contributed by atoms with van der Waals surface area (Å²) in [4.78, 5) is 17.1. The molecule has 0 bridgehead atoms. The number of piperidine rings is 1. The van der Waals surface area contributed by atoms with Gasteiger partial charge in [0.15, 0.2) is 0 Å². The SMILES string of the molecule is COc1cccc(NC(=O)N2CCC(CN3CCCCCC3)CC2)c1. The third-order valence-electron chi connectivity index (χ3n) is 5.44. The van der Waals surface area contributed by atoms with E-state index in [1.54, 1.807) is 7.11 Å². The summed E-state index contributed by atoms with van der Waals surface area (Å²) in [5.41, 5.74) is 0.788. The number of urea groups is 1. The van der Waals surface area contributed by atoms with Crippen molar-refractivity contribution in [1.82, 2.24) is 9.80 Å². The van der Waals surface area contributed by atoms with Crippen molar-refractivity contribution in [2.24, 2.45) is 5.92 Å². The Balaban J connectivity index is 1.44. The van der Waals surface area contributed by atoms with Crippen LogP contribution in [-0.4, -0.2) is 55.7 Å². The van der Waals surface area contributed by atoms with Gasteiger partial charge in [0.2, 0.25) is 0 Å². The molecule has 3 rings (SSSR count). The molecule has 5 nitrogen and oxygen atoms in total. The summed E-state index contributed by atoms with van der Waals surface area (Å²) in [7, 11) is 1.63. The van der Waals surface area contributed by atoms with Crippen molar-refractivity contribution in [2.75, 3.05) is 45.2 Å². The van der Waals surface area contributed by atoms with Gasteiger partial charge in [0.1, 0.15) is 5.75 Å². The van der Waals surface area contributed by atoms with Crippen molar-refractivity contribution in [1.29, 1.82) is 0 Å². The van der Waals surface area contributed by atoms with E-state index in [1.807, 2.05) is 29.2 Å². The number of likely N-dealkylation sites (tertiary alicyclic amines) is 2. The molecule has 2 saturated heterocycles. The number of ether oxygens (including phenoxy) is 1. The lowest BCUT2D eigenvalue weighted by atomic mass is 9.96. The van der Waals surface area contributed by atoms with Crippen LogP contribution in [0.15, 0.2) is 24.3 Å². The minimum absolute atomic E-state index is 0.00137. The molecule has 5 heteroatoms. The molecular weight excluding hydrogens is 314 g/mol. The quantitative estimate of drug-likeness (QED) is 0.902. The number of hydrogen-bond acceptors (Lipinski definition) is 3. The molecular formula is C20H31N3O2.